The Kier molecular flexibility index (Phi) is 4.39. The molecule has 3 nitrogen and oxygen atoms in total. The molecule has 0 aliphatic rings. The predicted molar refractivity (Wildman–Crippen MR) is 82.2 cm³/mol. The van der Waals surface area contributed by atoms with Gasteiger partial charge < -0.3 is 0 Å². The molecule has 0 radical (unpaired) electrons. The second-order valence-corrected chi connectivity index (χ2v) is 7.71. The summed E-state index contributed by atoms with van der Waals surface area (Å²) in [5.41, 5.74) is 0.443. The van der Waals surface area contributed by atoms with E-state index in [0.717, 1.165) is 12.1 Å². The molecule has 0 aliphatic heterocycles. The standard InChI is InChI=1S/C14H13ClF2N2OS/c1-14(2,3)21(20)18-7-8-4-10-11(17)5-9(16)6-12(10)19-13(8)15/h4-7H,1-3H3/t21-/m1/s1. The smallest absolute Gasteiger partial charge is 0.144 e. The fourth-order valence-corrected chi connectivity index (χ4v) is 2.27. The highest BCUT2D eigenvalue weighted by atomic mass is 35.5. The van der Waals surface area contributed by atoms with E-state index in [1.165, 1.54) is 12.3 Å². The quantitative estimate of drug-likeness (QED) is 0.616. The summed E-state index contributed by atoms with van der Waals surface area (Å²) < 4.78 is 42.1. The normalized spacial score (nSPS) is 14.0. The molecule has 2 rings (SSSR count). The average Bonchev–Trinajstić information content (AvgIpc) is 2.34. The Morgan fingerprint density at radius 1 is 1.29 bits per heavy atom. The summed E-state index contributed by atoms with van der Waals surface area (Å²) in [6.45, 7) is 5.34. The van der Waals surface area contributed by atoms with E-state index in [1.54, 1.807) is 20.8 Å². The van der Waals surface area contributed by atoms with Gasteiger partial charge in [-0.1, -0.05) is 11.6 Å². The molecule has 2 aromatic rings. The molecule has 112 valence electrons. The van der Waals surface area contributed by atoms with Crippen LogP contribution in [0.3, 0.4) is 0 Å². The minimum Gasteiger partial charge on any atom is -0.235 e. The number of fused-ring (bicyclic) bond motifs is 1. The second kappa shape index (κ2) is 5.77. The summed E-state index contributed by atoms with van der Waals surface area (Å²) in [5.74, 6) is -1.46. The van der Waals surface area contributed by atoms with Crippen molar-refractivity contribution in [2.24, 2.45) is 4.40 Å². The summed E-state index contributed by atoms with van der Waals surface area (Å²) in [4.78, 5) is 3.93. The number of halogens is 3. The fraction of sp³-hybridized carbons (Fsp3) is 0.286. The fourth-order valence-electron chi connectivity index (χ4n) is 1.55. The molecule has 0 aliphatic carbocycles. The van der Waals surface area contributed by atoms with E-state index < -0.39 is 27.4 Å². The molecule has 0 amide bonds. The van der Waals surface area contributed by atoms with Crippen molar-refractivity contribution in [3.05, 3.63) is 40.6 Å². The van der Waals surface area contributed by atoms with Crippen molar-refractivity contribution in [2.45, 2.75) is 25.5 Å². The number of rotatable bonds is 2. The van der Waals surface area contributed by atoms with Gasteiger partial charge >= 0.3 is 0 Å². The van der Waals surface area contributed by atoms with E-state index in [1.807, 2.05) is 0 Å². The van der Waals surface area contributed by atoms with Crippen LogP contribution in [-0.4, -0.2) is 20.2 Å². The van der Waals surface area contributed by atoms with Gasteiger partial charge in [-0.05, 0) is 26.8 Å². The van der Waals surface area contributed by atoms with Crippen molar-refractivity contribution < 1.29 is 13.0 Å². The van der Waals surface area contributed by atoms with Gasteiger partial charge in [0.25, 0.3) is 0 Å². The van der Waals surface area contributed by atoms with Crippen molar-refractivity contribution in [3.8, 4) is 0 Å². The van der Waals surface area contributed by atoms with E-state index in [-0.39, 0.29) is 16.1 Å². The molecule has 1 atom stereocenters. The highest BCUT2D eigenvalue weighted by Gasteiger charge is 2.18. The maximum absolute atomic E-state index is 13.7. The zero-order valence-electron chi connectivity index (χ0n) is 11.7. The maximum atomic E-state index is 13.7. The molecule has 0 saturated carbocycles. The summed E-state index contributed by atoms with van der Waals surface area (Å²) >= 11 is 5.96. The van der Waals surface area contributed by atoms with E-state index in [4.69, 9.17) is 11.6 Å². The van der Waals surface area contributed by atoms with Crippen molar-refractivity contribution in [1.82, 2.24) is 4.98 Å². The monoisotopic (exact) mass is 330 g/mol. The van der Waals surface area contributed by atoms with Crippen LogP contribution in [0.5, 0.6) is 0 Å². The van der Waals surface area contributed by atoms with Gasteiger partial charge in [0, 0.05) is 29.3 Å². The zero-order valence-corrected chi connectivity index (χ0v) is 13.2. The molecular formula is C14H13ClF2N2OS. The zero-order chi connectivity index (χ0) is 15.8. The van der Waals surface area contributed by atoms with Crippen molar-refractivity contribution >= 4 is 39.7 Å². The molecule has 0 unspecified atom stereocenters. The van der Waals surface area contributed by atoms with E-state index in [2.05, 4.69) is 9.38 Å². The summed E-state index contributed by atoms with van der Waals surface area (Å²) in [5, 5.41) is 0.172. The Bertz CT molecular complexity index is 757. The Labute approximate surface area is 128 Å². The molecule has 0 N–H and O–H groups in total. The first-order valence-corrected chi connectivity index (χ1v) is 7.58. The van der Waals surface area contributed by atoms with Crippen LogP contribution in [0.4, 0.5) is 8.78 Å². The van der Waals surface area contributed by atoms with Crippen molar-refractivity contribution in [1.29, 1.82) is 0 Å². The molecule has 7 heteroatoms. The lowest BCUT2D eigenvalue weighted by atomic mass is 10.1. The molecule has 0 bridgehead atoms. The number of nitrogens with zero attached hydrogens (tertiary/aromatic N) is 2. The molecule has 21 heavy (non-hydrogen) atoms. The summed E-state index contributed by atoms with van der Waals surface area (Å²) in [7, 11) is -1.46. The van der Waals surface area contributed by atoms with Crippen molar-refractivity contribution in [2.75, 3.05) is 0 Å². The Balaban J connectivity index is 2.49. The molecule has 0 saturated heterocycles. The largest absolute Gasteiger partial charge is 0.235 e. The van der Waals surface area contributed by atoms with Crippen LogP contribution >= 0.6 is 11.6 Å². The van der Waals surface area contributed by atoms with Gasteiger partial charge in [0.1, 0.15) is 27.8 Å². The number of pyridine rings is 1. The van der Waals surface area contributed by atoms with Crippen LogP contribution in [0.15, 0.2) is 22.6 Å². The lowest BCUT2D eigenvalue weighted by molar-refractivity contribution is 0.591. The van der Waals surface area contributed by atoms with Crippen LogP contribution in [-0.2, 0) is 11.0 Å². The van der Waals surface area contributed by atoms with Crippen LogP contribution in [0.2, 0.25) is 5.15 Å². The van der Waals surface area contributed by atoms with Gasteiger partial charge in [-0.25, -0.2) is 18.0 Å². The van der Waals surface area contributed by atoms with E-state index in [0.29, 0.717) is 5.56 Å². The number of hydrogen-bond acceptors (Lipinski definition) is 2. The molecule has 1 aromatic heterocycles. The predicted octanol–water partition coefficient (Wildman–Crippen LogP) is 4.05. The SMILES string of the molecule is CC(C)(C)[S@@](=O)N=Cc1cc2c(F)cc(F)cc2nc1Cl. The van der Waals surface area contributed by atoms with Crippen LogP contribution in [0.1, 0.15) is 26.3 Å². The van der Waals surface area contributed by atoms with Gasteiger partial charge in [-0.15, -0.1) is 0 Å². The first-order chi connectivity index (χ1) is 9.68. The first-order valence-electron chi connectivity index (χ1n) is 6.10. The lowest BCUT2D eigenvalue weighted by Gasteiger charge is -2.12. The van der Waals surface area contributed by atoms with Crippen LogP contribution in [0.25, 0.3) is 10.9 Å². The third-order valence-electron chi connectivity index (χ3n) is 2.64. The van der Waals surface area contributed by atoms with Gasteiger partial charge in [-0.3, -0.25) is 0 Å². The third kappa shape index (κ3) is 3.63. The van der Waals surface area contributed by atoms with E-state index in [9.17, 15) is 13.0 Å². The molecule has 1 aromatic carbocycles. The highest BCUT2D eigenvalue weighted by molar-refractivity contribution is 7.85. The lowest BCUT2D eigenvalue weighted by Crippen LogP contribution is -2.19. The summed E-state index contributed by atoms with van der Waals surface area (Å²) in [6.07, 6.45) is 1.29. The van der Waals surface area contributed by atoms with E-state index >= 15 is 0 Å². The Hall–Kier alpha value is -1.40. The highest BCUT2D eigenvalue weighted by Crippen LogP contribution is 2.23. The Morgan fingerprint density at radius 2 is 1.95 bits per heavy atom. The number of benzene rings is 1. The minimum atomic E-state index is -1.46. The number of aromatic nitrogens is 1. The molecule has 1 heterocycles. The molecule has 0 spiro atoms. The molecular weight excluding hydrogens is 318 g/mol. The average molecular weight is 331 g/mol. The summed E-state index contributed by atoms with van der Waals surface area (Å²) in [6, 6.07) is 3.27. The second-order valence-electron chi connectivity index (χ2n) is 5.42. The van der Waals surface area contributed by atoms with Crippen LogP contribution < -0.4 is 0 Å². The van der Waals surface area contributed by atoms with Crippen molar-refractivity contribution in [3.63, 3.8) is 0 Å². The van der Waals surface area contributed by atoms with Gasteiger partial charge in [0.15, 0.2) is 0 Å². The van der Waals surface area contributed by atoms with Gasteiger partial charge in [-0.2, -0.15) is 4.40 Å². The van der Waals surface area contributed by atoms with Crippen LogP contribution in [0, 0.1) is 11.6 Å². The van der Waals surface area contributed by atoms with Gasteiger partial charge in [0.05, 0.1) is 10.3 Å². The maximum Gasteiger partial charge on any atom is 0.144 e. The van der Waals surface area contributed by atoms with Gasteiger partial charge in [0.2, 0.25) is 0 Å². The first kappa shape index (κ1) is 16.0. The third-order valence-corrected chi connectivity index (χ3v) is 4.29. The Morgan fingerprint density at radius 3 is 2.57 bits per heavy atom. The number of hydrogen-bond donors (Lipinski definition) is 0. The minimum absolute atomic E-state index is 0.0437. The molecule has 0 fully saturated rings. The topological polar surface area (TPSA) is 42.3 Å².